The average molecular weight is 200 g/mol. The maximum absolute atomic E-state index is 4.72. The smallest absolute Gasteiger partial charge is 0.0697 e. The van der Waals surface area contributed by atoms with Gasteiger partial charge in [-0.3, -0.25) is 0 Å². The number of rotatable bonds is 1. The number of fused-ring (bicyclic) bond motifs is 3. The molecule has 0 aromatic carbocycles. The zero-order valence-electron chi connectivity index (χ0n) is 9.38. The van der Waals surface area contributed by atoms with Gasteiger partial charge in [-0.05, 0) is 49.8 Å². The SMILES string of the molecule is CCc1nn2c3c(ccc2c1C)CCC3. The lowest BCUT2D eigenvalue weighted by atomic mass is 10.1. The molecule has 0 radical (unpaired) electrons. The summed E-state index contributed by atoms with van der Waals surface area (Å²) in [6.07, 6.45) is 4.74. The summed E-state index contributed by atoms with van der Waals surface area (Å²) in [5.41, 5.74) is 6.83. The van der Waals surface area contributed by atoms with Gasteiger partial charge in [-0.2, -0.15) is 5.10 Å². The van der Waals surface area contributed by atoms with Crippen LogP contribution in [0.3, 0.4) is 0 Å². The first-order chi connectivity index (χ1) is 7.31. The average Bonchev–Trinajstić information content (AvgIpc) is 2.82. The minimum absolute atomic E-state index is 1.03. The van der Waals surface area contributed by atoms with E-state index in [-0.39, 0.29) is 0 Å². The molecule has 2 aromatic rings. The second-order valence-corrected chi connectivity index (χ2v) is 4.38. The number of pyridine rings is 1. The standard InChI is InChI=1S/C13H16N2/c1-3-11-9(2)12-8-7-10-5-4-6-13(10)15(12)14-11/h7-8H,3-6H2,1-2H3. The quantitative estimate of drug-likeness (QED) is 0.692. The van der Waals surface area contributed by atoms with Crippen molar-refractivity contribution in [1.29, 1.82) is 0 Å². The fourth-order valence-electron chi connectivity index (χ4n) is 2.65. The summed E-state index contributed by atoms with van der Waals surface area (Å²) in [6.45, 7) is 4.36. The summed E-state index contributed by atoms with van der Waals surface area (Å²) in [5, 5.41) is 4.72. The Kier molecular flexibility index (Phi) is 1.84. The van der Waals surface area contributed by atoms with E-state index in [2.05, 4.69) is 30.5 Å². The number of aryl methyl sites for hydroxylation is 4. The molecule has 1 aliphatic rings. The molecular weight excluding hydrogens is 184 g/mol. The highest BCUT2D eigenvalue weighted by Crippen LogP contribution is 2.25. The van der Waals surface area contributed by atoms with Gasteiger partial charge in [0.05, 0.1) is 11.2 Å². The van der Waals surface area contributed by atoms with Crippen LogP contribution in [0.2, 0.25) is 0 Å². The molecule has 0 amide bonds. The van der Waals surface area contributed by atoms with Crippen LogP contribution in [0.1, 0.15) is 35.9 Å². The highest BCUT2D eigenvalue weighted by atomic mass is 15.2. The fraction of sp³-hybridized carbons (Fsp3) is 0.462. The predicted octanol–water partition coefficient (Wildman–Crippen LogP) is 2.69. The molecule has 0 aliphatic heterocycles. The Morgan fingerprint density at radius 1 is 1.33 bits per heavy atom. The van der Waals surface area contributed by atoms with Gasteiger partial charge >= 0.3 is 0 Å². The molecule has 0 saturated carbocycles. The molecule has 0 N–H and O–H groups in total. The van der Waals surface area contributed by atoms with Crippen molar-refractivity contribution in [2.75, 3.05) is 0 Å². The molecule has 2 aromatic heterocycles. The molecule has 2 nitrogen and oxygen atoms in total. The van der Waals surface area contributed by atoms with Crippen molar-refractivity contribution in [3.05, 3.63) is 34.6 Å². The third-order valence-corrected chi connectivity index (χ3v) is 3.53. The molecule has 2 heterocycles. The first-order valence-electron chi connectivity index (χ1n) is 5.80. The van der Waals surface area contributed by atoms with Crippen LogP contribution in [0.5, 0.6) is 0 Å². The number of hydrogen-bond donors (Lipinski definition) is 0. The third kappa shape index (κ3) is 1.14. The summed E-state index contributed by atoms with van der Waals surface area (Å²) < 4.78 is 2.18. The van der Waals surface area contributed by atoms with Crippen LogP contribution >= 0.6 is 0 Å². The van der Waals surface area contributed by atoms with Gasteiger partial charge in [0.2, 0.25) is 0 Å². The van der Waals surface area contributed by atoms with Gasteiger partial charge in [-0.1, -0.05) is 13.0 Å². The molecule has 15 heavy (non-hydrogen) atoms. The first-order valence-corrected chi connectivity index (χ1v) is 5.80. The van der Waals surface area contributed by atoms with E-state index in [1.807, 2.05) is 0 Å². The van der Waals surface area contributed by atoms with E-state index in [4.69, 9.17) is 5.10 Å². The van der Waals surface area contributed by atoms with Gasteiger partial charge in [0.15, 0.2) is 0 Å². The van der Waals surface area contributed by atoms with Crippen molar-refractivity contribution in [1.82, 2.24) is 9.61 Å². The molecule has 3 rings (SSSR count). The van der Waals surface area contributed by atoms with Crippen LogP contribution in [-0.2, 0) is 19.3 Å². The van der Waals surface area contributed by atoms with E-state index < -0.39 is 0 Å². The van der Waals surface area contributed by atoms with Gasteiger partial charge < -0.3 is 0 Å². The lowest BCUT2D eigenvalue weighted by Crippen LogP contribution is -1.97. The molecule has 2 heteroatoms. The van der Waals surface area contributed by atoms with Gasteiger partial charge in [0.25, 0.3) is 0 Å². The molecule has 0 spiro atoms. The molecule has 0 saturated heterocycles. The van der Waals surface area contributed by atoms with E-state index in [1.54, 1.807) is 0 Å². The largest absolute Gasteiger partial charge is 0.237 e. The van der Waals surface area contributed by atoms with Crippen molar-refractivity contribution in [2.45, 2.75) is 39.5 Å². The Morgan fingerprint density at radius 3 is 3.00 bits per heavy atom. The number of aromatic nitrogens is 2. The maximum Gasteiger partial charge on any atom is 0.0697 e. The Labute approximate surface area is 89.9 Å². The van der Waals surface area contributed by atoms with E-state index >= 15 is 0 Å². The van der Waals surface area contributed by atoms with Gasteiger partial charge in [-0.25, -0.2) is 4.52 Å². The van der Waals surface area contributed by atoms with Crippen LogP contribution in [0.4, 0.5) is 0 Å². The normalized spacial score (nSPS) is 14.8. The van der Waals surface area contributed by atoms with Crippen molar-refractivity contribution < 1.29 is 0 Å². The van der Waals surface area contributed by atoms with Crippen molar-refractivity contribution in [3.8, 4) is 0 Å². The molecule has 0 atom stereocenters. The molecular formula is C13H16N2. The van der Waals surface area contributed by atoms with Gasteiger partial charge in [-0.15, -0.1) is 0 Å². The van der Waals surface area contributed by atoms with Crippen LogP contribution in [0.15, 0.2) is 12.1 Å². The highest BCUT2D eigenvalue weighted by Gasteiger charge is 2.17. The van der Waals surface area contributed by atoms with Crippen molar-refractivity contribution >= 4 is 5.52 Å². The summed E-state index contributed by atoms with van der Waals surface area (Å²) in [4.78, 5) is 0. The van der Waals surface area contributed by atoms with Crippen LogP contribution < -0.4 is 0 Å². The topological polar surface area (TPSA) is 17.3 Å². The van der Waals surface area contributed by atoms with Crippen LogP contribution in [0.25, 0.3) is 5.52 Å². The van der Waals surface area contributed by atoms with Crippen molar-refractivity contribution in [3.63, 3.8) is 0 Å². The highest BCUT2D eigenvalue weighted by molar-refractivity contribution is 5.58. The summed E-state index contributed by atoms with van der Waals surface area (Å²) in [5.74, 6) is 0. The third-order valence-electron chi connectivity index (χ3n) is 3.53. The summed E-state index contributed by atoms with van der Waals surface area (Å²) in [6, 6.07) is 4.51. The van der Waals surface area contributed by atoms with Crippen LogP contribution in [0, 0.1) is 6.92 Å². The van der Waals surface area contributed by atoms with Gasteiger partial charge in [0, 0.05) is 5.69 Å². The molecule has 0 fully saturated rings. The Balaban J connectivity index is 2.37. The lowest BCUT2D eigenvalue weighted by Gasteiger charge is -2.02. The minimum Gasteiger partial charge on any atom is -0.237 e. The fourth-order valence-corrected chi connectivity index (χ4v) is 2.65. The van der Waals surface area contributed by atoms with E-state index in [1.165, 1.54) is 47.3 Å². The number of nitrogens with zero attached hydrogens (tertiary/aromatic N) is 2. The molecule has 1 aliphatic carbocycles. The first kappa shape index (κ1) is 8.96. The molecule has 0 unspecified atom stereocenters. The Hall–Kier alpha value is -1.31. The maximum atomic E-state index is 4.72. The Morgan fingerprint density at radius 2 is 2.20 bits per heavy atom. The van der Waals surface area contributed by atoms with E-state index in [0.717, 1.165) is 6.42 Å². The monoisotopic (exact) mass is 200 g/mol. The van der Waals surface area contributed by atoms with Crippen molar-refractivity contribution in [2.24, 2.45) is 0 Å². The van der Waals surface area contributed by atoms with Gasteiger partial charge in [0.1, 0.15) is 0 Å². The molecule has 78 valence electrons. The second-order valence-electron chi connectivity index (χ2n) is 4.38. The Bertz CT molecular complexity index is 523. The molecule has 0 bridgehead atoms. The van der Waals surface area contributed by atoms with Crippen LogP contribution in [-0.4, -0.2) is 9.61 Å². The van der Waals surface area contributed by atoms with E-state index in [0.29, 0.717) is 0 Å². The predicted molar refractivity (Wildman–Crippen MR) is 61.3 cm³/mol. The second kappa shape index (κ2) is 3.09. The van der Waals surface area contributed by atoms with E-state index in [9.17, 15) is 0 Å². The summed E-state index contributed by atoms with van der Waals surface area (Å²) in [7, 11) is 0. The zero-order valence-corrected chi connectivity index (χ0v) is 9.38. The number of hydrogen-bond acceptors (Lipinski definition) is 1. The minimum atomic E-state index is 1.03. The zero-order chi connectivity index (χ0) is 10.4. The summed E-state index contributed by atoms with van der Waals surface area (Å²) >= 11 is 0. The lowest BCUT2D eigenvalue weighted by molar-refractivity contribution is 0.822.